The van der Waals surface area contributed by atoms with E-state index in [1.54, 1.807) is 6.07 Å². The molecule has 1 aliphatic carbocycles. The Hall–Kier alpha value is -1.58. The number of carbonyl (C=O) groups is 1. The highest BCUT2D eigenvalue weighted by molar-refractivity contribution is 5.85. The smallest absolute Gasteiger partial charge is 0.314 e. The van der Waals surface area contributed by atoms with E-state index in [-0.39, 0.29) is 5.82 Å². The van der Waals surface area contributed by atoms with Crippen molar-refractivity contribution in [2.45, 2.75) is 24.7 Å². The van der Waals surface area contributed by atoms with Crippen LogP contribution in [0.15, 0.2) is 18.2 Å². The molecule has 1 N–H and O–H groups in total. The minimum absolute atomic E-state index is 0.377. The zero-order valence-corrected chi connectivity index (χ0v) is 10.0. The zero-order chi connectivity index (χ0) is 12.6. The van der Waals surface area contributed by atoms with Crippen LogP contribution in [-0.4, -0.2) is 25.2 Å². The first-order valence-electron chi connectivity index (χ1n) is 5.68. The number of benzene rings is 1. The van der Waals surface area contributed by atoms with Gasteiger partial charge >= 0.3 is 5.97 Å². The summed E-state index contributed by atoms with van der Waals surface area (Å²) in [5, 5.41) is 9.39. The molecular formula is C13H16FNO2. The van der Waals surface area contributed by atoms with E-state index in [0.717, 1.165) is 12.1 Å². The minimum Gasteiger partial charge on any atom is -0.481 e. The Balaban J connectivity index is 2.56. The highest BCUT2D eigenvalue weighted by atomic mass is 19.1. The standard InChI is InChI=1S/C13H16FNO2/c1-15(2)11-5-4-9(14)8-10(11)13(12(16)17)6-3-7-13/h4-5,8H,3,6-7H2,1-2H3,(H,16,17). The van der Waals surface area contributed by atoms with Crippen molar-refractivity contribution in [1.82, 2.24) is 0 Å². The summed E-state index contributed by atoms with van der Waals surface area (Å²) in [6.45, 7) is 0. The third-order valence-electron chi connectivity index (χ3n) is 3.57. The SMILES string of the molecule is CN(C)c1ccc(F)cc1C1(C(=O)O)CCC1. The summed E-state index contributed by atoms with van der Waals surface area (Å²) in [7, 11) is 3.68. The number of hydrogen-bond donors (Lipinski definition) is 1. The largest absolute Gasteiger partial charge is 0.481 e. The number of nitrogens with zero attached hydrogens (tertiary/aromatic N) is 1. The molecule has 2 rings (SSSR count). The number of halogens is 1. The molecule has 92 valence electrons. The molecule has 1 fully saturated rings. The molecule has 1 saturated carbocycles. The van der Waals surface area contributed by atoms with Gasteiger partial charge in [0.1, 0.15) is 5.82 Å². The number of carboxylic acids is 1. The van der Waals surface area contributed by atoms with Crippen LogP contribution in [-0.2, 0) is 10.2 Å². The van der Waals surface area contributed by atoms with Gasteiger partial charge in [0.2, 0.25) is 0 Å². The van der Waals surface area contributed by atoms with Gasteiger partial charge in [0.25, 0.3) is 0 Å². The maximum absolute atomic E-state index is 13.4. The van der Waals surface area contributed by atoms with Crippen LogP contribution < -0.4 is 4.90 Å². The lowest BCUT2D eigenvalue weighted by Gasteiger charge is -2.40. The van der Waals surface area contributed by atoms with Gasteiger partial charge in [-0.3, -0.25) is 4.79 Å². The molecule has 4 heteroatoms. The third kappa shape index (κ3) is 1.77. The number of rotatable bonds is 3. The monoisotopic (exact) mass is 237 g/mol. The van der Waals surface area contributed by atoms with E-state index >= 15 is 0 Å². The molecule has 0 heterocycles. The maximum Gasteiger partial charge on any atom is 0.314 e. The molecule has 1 aliphatic rings. The number of aliphatic carboxylic acids is 1. The first-order chi connectivity index (χ1) is 7.97. The third-order valence-corrected chi connectivity index (χ3v) is 3.57. The van der Waals surface area contributed by atoms with E-state index in [2.05, 4.69) is 0 Å². The first-order valence-corrected chi connectivity index (χ1v) is 5.68. The van der Waals surface area contributed by atoms with E-state index in [1.807, 2.05) is 19.0 Å². The van der Waals surface area contributed by atoms with Crippen molar-refractivity contribution >= 4 is 11.7 Å². The molecule has 1 aromatic rings. The molecule has 0 unspecified atom stereocenters. The number of carboxylic acid groups (broad SMARTS) is 1. The fraction of sp³-hybridized carbons (Fsp3) is 0.462. The predicted octanol–water partition coefficient (Wildman–Crippen LogP) is 2.40. The highest BCUT2D eigenvalue weighted by Crippen LogP contribution is 2.47. The first kappa shape index (κ1) is 11.9. The van der Waals surface area contributed by atoms with Crippen LogP contribution >= 0.6 is 0 Å². The Kier molecular flexibility index (Phi) is 2.81. The molecule has 0 radical (unpaired) electrons. The van der Waals surface area contributed by atoms with Crippen LogP contribution in [0.25, 0.3) is 0 Å². The van der Waals surface area contributed by atoms with Crippen LogP contribution in [0.4, 0.5) is 10.1 Å². The maximum atomic E-state index is 13.4. The fourth-order valence-electron chi connectivity index (χ4n) is 2.41. The highest BCUT2D eigenvalue weighted by Gasteiger charge is 2.47. The summed E-state index contributed by atoms with van der Waals surface area (Å²) in [5.74, 6) is -1.23. The molecule has 1 aromatic carbocycles. The van der Waals surface area contributed by atoms with E-state index in [4.69, 9.17) is 0 Å². The molecule has 0 bridgehead atoms. The van der Waals surface area contributed by atoms with Crippen molar-refractivity contribution in [3.63, 3.8) is 0 Å². The van der Waals surface area contributed by atoms with Gasteiger partial charge in [-0.1, -0.05) is 6.42 Å². The van der Waals surface area contributed by atoms with Crippen molar-refractivity contribution < 1.29 is 14.3 Å². The molecule has 0 aromatic heterocycles. The van der Waals surface area contributed by atoms with Crippen LogP contribution in [0.2, 0.25) is 0 Å². The number of anilines is 1. The second kappa shape index (κ2) is 4.02. The van der Waals surface area contributed by atoms with Gasteiger partial charge in [0.15, 0.2) is 0 Å². The minimum atomic E-state index is -0.887. The van der Waals surface area contributed by atoms with Crippen molar-refractivity contribution in [2.75, 3.05) is 19.0 Å². The molecule has 0 spiro atoms. The van der Waals surface area contributed by atoms with Crippen LogP contribution in [0, 0.1) is 5.82 Å². The van der Waals surface area contributed by atoms with Crippen molar-refractivity contribution in [1.29, 1.82) is 0 Å². The lowest BCUT2D eigenvalue weighted by atomic mass is 9.64. The summed E-state index contributed by atoms with van der Waals surface area (Å²) in [5.41, 5.74) is 0.497. The second-order valence-electron chi connectivity index (χ2n) is 4.80. The zero-order valence-electron chi connectivity index (χ0n) is 10.0. The molecule has 0 amide bonds. The van der Waals surface area contributed by atoms with E-state index < -0.39 is 11.4 Å². The normalized spacial score (nSPS) is 17.4. The van der Waals surface area contributed by atoms with Gasteiger partial charge in [-0.05, 0) is 36.6 Å². The fourth-order valence-corrected chi connectivity index (χ4v) is 2.41. The summed E-state index contributed by atoms with van der Waals surface area (Å²) in [4.78, 5) is 13.3. The van der Waals surface area contributed by atoms with Crippen LogP contribution in [0.1, 0.15) is 24.8 Å². The predicted molar refractivity (Wildman–Crippen MR) is 63.9 cm³/mol. The van der Waals surface area contributed by atoms with Crippen molar-refractivity contribution in [3.8, 4) is 0 Å². The van der Waals surface area contributed by atoms with E-state index in [0.29, 0.717) is 18.4 Å². The molecule has 3 nitrogen and oxygen atoms in total. The van der Waals surface area contributed by atoms with Crippen LogP contribution in [0.3, 0.4) is 0 Å². The Morgan fingerprint density at radius 1 is 1.41 bits per heavy atom. The topological polar surface area (TPSA) is 40.5 Å². The molecule has 0 atom stereocenters. The summed E-state index contributed by atoms with van der Waals surface area (Å²) in [6.07, 6.45) is 2.06. The van der Waals surface area contributed by atoms with Crippen LogP contribution in [0.5, 0.6) is 0 Å². The average molecular weight is 237 g/mol. The Morgan fingerprint density at radius 3 is 2.47 bits per heavy atom. The lowest BCUT2D eigenvalue weighted by Crippen LogP contribution is -2.43. The summed E-state index contributed by atoms with van der Waals surface area (Å²) in [6, 6.07) is 4.38. The summed E-state index contributed by atoms with van der Waals surface area (Å²) < 4.78 is 13.4. The second-order valence-corrected chi connectivity index (χ2v) is 4.80. The molecule has 17 heavy (non-hydrogen) atoms. The Labute approximate surface area is 99.9 Å². The van der Waals surface area contributed by atoms with Crippen molar-refractivity contribution in [2.24, 2.45) is 0 Å². The number of hydrogen-bond acceptors (Lipinski definition) is 2. The van der Waals surface area contributed by atoms with E-state index in [9.17, 15) is 14.3 Å². The Bertz CT molecular complexity index is 453. The van der Waals surface area contributed by atoms with Gasteiger partial charge in [-0.2, -0.15) is 0 Å². The molecular weight excluding hydrogens is 221 g/mol. The lowest BCUT2D eigenvalue weighted by molar-refractivity contribution is -0.147. The molecule has 0 aliphatic heterocycles. The van der Waals surface area contributed by atoms with Crippen molar-refractivity contribution in [3.05, 3.63) is 29.6 Å². The van der Waals surface area contributed by atoms with E-state index in [1.165, 1.54) is 12.1 Å². The van der Waals surface area contributed by atoms with Gasteiger partial charge in [-0.25, -0.2) is 4.39 Å². The van der Waals surface area contributed by atoms with Gasteiger partial charge in [0.05, 0.1) is 5.41 Å². The van der Waals surface area contributed by atoms with Gasteiger partial charge in [0, 0.05) is 19.8 Å². The Morgan fingerprint density at radius 2 is 2.06 bits per heavy atom. The van der Waals surface area contributed by atoms with Gasteiger partial charge < -0.3 is 10.0 Å². The molecule has 0 saturated heterocycles. The van der Waals surface area contributed by atoms with Gasteiger partial charge in [-0.15, -0.1) is 0 Å². The summed E-state index contributed by atoms with van der Waals surface area (Å²) >= 11 is 0. The average Bonchev–Trinajstić information content (AvgIpc) is 2.14. The quantitative estimate of drug-likeness (QED) is 0.877.